The first-order chi connectivity index (χ1) is 12.6. The number of ether oxygens (including phenoxy) is 1. The van der Waals surface area contributed by atoms with E-state index in [0.29, 0.717) is 6.54 Å². The quantitative estimate of drug-likeness (QED) is 0.756. The highest BCUT2D eigenvalue weighted by Gasteiger charge is 2.47. The molecular formula is C20H26N2O4. The summed E-state index contributed by atoms with van der Waals surface area (Å²) in [6.07, 6.45) is 4.53. The Hall–Kier alpha value is -2.37. The Morgan fingerprint density at radius 3 is 2.31 bits per heavy atom. The molecule has 2 aliphatic rings. The number of imide groups is 1. The molecule has 6 nitrogen and oxygen atoms in total. The van der Waals surface area contributed by atoms with Gasteiger partial charge in [0.1, 0.15) is 5.75 Å². The van der Waals surface area contributed by atoms with E-state index in [1.165, 1.54) is 4.90 Å². The Kier molecular flexibility index (Phi) is 5.91. The fraction of sp³-hybridized carbons (Fsp3) is 0.550. The van der Waals surface area contributed by atoms with Crippen LogP contribution in [0.15, 0.2) is 24.3 Å². The van der Waals surface area contributed by atoms with Gasteiger partial charge in [-0.15, -0.1) is 0 Å². The molecule has 1 aromatic rings. The van der Waals surface area contributed by atoms with Crippen molar-refractivity contribution < 1.29 is 19.1 Å². The first-order valence-electron chi connectivity index (χ1n) is 9.35. The van der Waals surface area contributed by atoms with Crippen LogP contribution in [0.3, 0.4) is 0 Å². The first-order valence-corrected chi connectivity index (χ1v) is 9.35. The summed E-state index contributed by atoms with van der Waals surface area (Å²) in [6, 6.07) is 7.71. The zero-order valence-corrected chi connectivity index (χ0v) is 15.2. The Labute approximate surface area is 153 Å². The molecule has 26 heavy (non-hydrogen) atoms. The van der Waals surface area contributed by atoms with Gasteiger partial charge in [-0.1, -0.05) is 25.0 Å². The second-order valence-corrected chi connectivity index (χ2v) is 7.02. The van der Waals surface area contributed by atoms with Gasteiger partial charge in [0.2, 0.25) is 17.7 Å². The zero-order valence-electron chi connectivity index (χ0n) is 15.2. The summed E-state index contributed by atoms with van der Waals surface area (Å²) in [5, 5.41) is 2.86. The molecular weight excluding hydrogens is 332 g/mol. The van der Waals surface area contributed by atoms with Crippen molar-refractivity contribution in [2.24, 2.45) is 11.8 Å². The van der Waals surface area contributed by atoms with Crippen LogP contribution in [0.5, 0.6) is 5.75 Å². The van der Waals surface area contributed by atoms with Gasteiger partial charge in [-0.2, -0.15) is 0 Å². The van der Waals surface area contributed by atoms with Crippen LogP contribution in [0.1, 0.15) is 37.7 Å². The van der Waals surface area contributed by atoms with Crippen LogP contribution in [0, 0.1) is 11.8 Å². The molecule has 1 saturated carbocycles. The normalized spacial score (nSPS) is 22.3. The molecule has 0 radical (unpaired) electrons. The van der Waals surface area contributed by atoms with Gasteiger partial charge in [0.15, 0.2) is 0 Å². The molecule has 2 fully saturated rings. The summed E-state index contributed by atoms with van der Waals surface area (Å²) in [7, 11) is 1.63. The predicted octanol–water partition coefficient (Wildman–Crippen LogP) is 1.92. The lowest BCUT2D eigenvalue weighted by Crippen LogP contribution is -2.35. The number of likely N-dealkylation sites (tertiary alicyclic amines) is 1. The molecule has 1 saturated heterocycles. The van der Waals surface area contributed by atoms with Gasteiger partial charge < -0.3 is 10.1 Å². The van der Waals surface area contributed by atoms with Crippen LogP contribution < -0.4 is 10.1 Å². The van der Waals surface area contributed by atoms with Crippen molar-refractivity contribution in [1.29, 1.82) is 0 Å². The number of nitrogens with one attached hydrogen (secondary N) is 1. The Bertz CT molecular complexity index is 647. The lowest BCUT2D eigenvalue weighted by Gasteiger charge is -2.19. The van der Waals surface area contributed by atoms with Crippen LogP contribution in [0.2, 0.25) is 0 Å². The molecule has 0 spiro atoms. The highest BCUT2D eigenvalue weighted by atomic mass is 16.5. The van der Waals surface area contributed by atoms with Crippen LogP contribution in [-0.4, -0.2) is 42.8 Å². The first kappa shape index (κ1) is 18.4. The van der Waals surface area contributed by atoms with E-state index < -0.39 is 0 Å². The molecule has 3 rings (SSSR count). The minimum Gasteiger partial charge on any atom is -0.497 e. The monoisotopic (exact) mass is 358 g/mol. The molecule has 1 aliphatic carbocycles. The standard InChI is InChI=1S/C20H26N2O4/c1-26-15-8-6-14(7-9-15)10-12-21-18(23)11-13-22-19(24)16-4-2-3-5-17(16)20(22)25/h6-9,16-17H,2-5,10-13H2,1H3,(H,21,23)/t16-,17-/m0/s1. The number of carbonyl (C=O) groups is 3. The summed E-state index contributed by atoms with van der Waals surface area (Å²) >= 11 is 0. The summed E-state index contributed by atoms with van der Waals surface area (Å²) < 4.78 is 5.12. The second-order valence-electron chi connectivity index (χ2n) is 7.02. The molecule has 0 aromatic heterocycles. The minimum absolute atomic E-state index is 0.0780. The molecule has 140 valence electrons. The van der Waals surface area contributed by atoms with E-state index in [1.807, 2.05) is 24.3 Å². The summed E-state index contributed by atoms with van der Waals surface area (Å²) in [6.45, 7) is 0.720. The van der Waals surface area contributed by atoms with Crippen LogP contribution in [-0.2, 0) is 20.8 Å². The SMILES string of the molecule is COc1ccc(CCNC(=O)CCN2C(=O)[C@H]3CCCC[C@@H]3C2=O)cc1. The second kappa shape index (κ2) is 8.34. The predicted molar refractivity (Wildman–Crippen MR) is 96.5 cm³/mol. The Morgan fingerprint density at radius 2 is 1.73 bits per heavy atom. The average molecular weight is 358 g/mol. The highest BCUT2D eigenvalue weighted by molar-refractivity contribution is 6.05. The van der Waals surface area contributed by atoms with Gasteiger partial charge in [-0.05, 0) is 37.0 Å². The molecule has 1 aromatic carbocycles. The highest BCUT2D eigenvalue weighted by Crippen LogP contribution is 2.37. The minimum atomic E-state index is -0.144. The van der Waals surface area contributed by atoms with Gasteiger partial charge >= 0.3 is 0 Å². The Balaban J connectivity index is 1.41. The molecule has 0 bridgehead atoms. The van der Waals surface area contributed by atoms with E-state index >= 15 is 0 Å². The molecule has 1 aliphatic heterocycles. The van der Waals surface area contributed by atoms with Gasteiger partial charge in [-0.3, -0.25) is 19.3 Å². The third-order valence-electron chi connectivity index (χ3n) is 5.39. The summed E-state index contributed by atoms with van der Waals surface area (Å²) in [5.74, 6) is 0.229. The van der Waals surface area contributed by atoms with E-state index in [-0.39, 0.29) is 42.5 Å². The van der Waals surface area contributed by atoms with Crippen molar-refractivity contribution in [2.45, 2.75) is 38.5 Å². The van der Waals surface area contributed by atoms with E-state index in [9.17, 15) is 14.4 Å². The smallest absolute Gasteiger partial charge is 0.233 e. The molecule has 0 unspecified atom stereocenters. The van der Waals surface area contributed by atoms with Crippen LogP contribution >= 0.6 is 0 Å². The third kappa shape index (κ3) is 4.06. The van der Waals surface area contributed by atoms with E-state index in [1.54, 1.807) is 7.11 Å². The van der Waals surface area contributed by atoms with Crippen molar-refractivity contribution in [3.05, 3.63) is 29.8 Å². The van der Waals surface area contributed by atoms with E-state index in [0.717, 1.165) is 43.4 Å². The number of nitrogens with zero attached hydrogens (tertiary/aromatic N) is 1. The zero-order chi connectivity index (χ0) is 18.5. The van der Waals surface area contributed by atoms with Gasteiger partial charge in [0.05, 0.1) is 18.9 Å². The maximum Gasteiger partial charge on any atom is 0.233 e. The molecule has 6 heteroatoms. The Morgan fingerprint density at radius 1 is 1.12 bits per heavy atom. The van der Waals surface area contributed by atoms with E-state index in [4.69, 9.17) is 4.74 Å². The van der Waals surface area contributed by atoms with Gasteiger partial charge in [0, 0.05) is 19.5 Å². The fourth-order valence-corrected chi connectivity index (χ4v) is 3.89. The van der Waals surface area contributed by atoms with Crippen LogP contribution in [0.4, 0.5) is 0 Å². The fourth-order valence-electron chi connectivity index (χ4n) is 3.89. The third-order valence-corrected chi connectivity index (χ3v) is 5.39. The van der Waals surface area contributed by atoms with Crippen molar-refractivity contribution in [1.82, 2.24) is 10.2 Å². The topological polar surface area (TPSA) is 75.7 Å². The van der Waals surface area contributed by atoms with Crippen molar-refractivity contribution in [2.75, 3.05) is 20.2 Å². The molecule has 1 heterocycles. The number of hydrogen-bond acceptors (Lipinski definition) is 4. The van der Waals surface area contributed by atoms with E-state index in [2.05, 4.69) is 5.32 Å². The number of carbonyl (C=O) groups excluding carboxylic acids is 3. The maximum absolute atomic E-state index is 12.4. The van der Waals surface area contributed by atoms with Gasteiger partial charge in [-0.25, -0.2) is 0 Å². The van der Waals surface area contributed by atoms with Crippen molar-refractivity contribution in [3.8, 4) is 5.75 Å². The van der Waals surface area contributed by atoms with Crippen LogP contribution in [0.25, 0.3) is 0 Å². The molecule has 1 N–H and O–H groups in total. The lowest BCUT2D eigenvalue weighted by molar-refractivity contribution is -0.140. The summed E-state index contributed by atoms with van der Waals surface area (Å²) in [4.78, 5) is 38.1. The molecule has 3 amide bonds. The number of methoxy groups -OCH3 is 1. The maximum atomic E-state index is 12.4. The molecule has 2 atom stereocenters. The number of fused-ring (bicyclic) bond motifs is 1. The van der Waals surface area contributed by atoms with Crippen molar-refractivity contribution in [3.63, 3.8) is 0 Å². The number of amides is 3. The largest absolute Gasteiger partial charge is 0.497 e. The number of hydrogen-bond donors (Lipinski definition) is 1. The van der Waals surface area contributed by atoms with Gasteiger partial charge in [0.25, 0.3) is 0 Å². The number of benzene rings is 1. The lowest BCUT2D eigenvalue weighted by atomic mass is 9.81. The number of rotatable bonds is 7. The van der Waals surface area contributed by atoms with Crippen molar-refractivity contribution >= 4 is 17.7 Å². The average Bonchev–Trinajstić information content (AvgIpc) is 2.91. The summed E-state index contributed by atoms with van der Waals surface area (Å²) in [5.41, 5.74) is 1.11.